The van der Waals surface area contributed by atoms with Crippen LogP contribution in [0.2, 0.25) is 0 Å². The van der Waals surface area contributed by atoms with Crippen LogP contribution in [-0.2, 0) is 21.7 Å². The van der Waals surface area contributed by atoms with Gasteiger partial charge in [-0.05, 0) is 56.0 Å². The zero-order valence-electron chi connectivity index (χ0n) is 21.2. The van der Waals surface area contributed by atoms with E-state index in [0.717, 1.165) is 22.3 Å². The number of hydrogen-bond donors (Lipinski definition) is 2. The van der Waals surface area contributed by atoms with Crippen molar-refractivity contribution >= 4 is 0 Å². The van der Waals surface area contributed by atoms with Gasteiger partial charge in [0.05, 0.1) is 0 Å². The molecule has 0 unspecified atom stereocenters. The van der Waals surface area contributed by atoms with Gasteiger partial charge < -0.3 is 10.2 Å². The Hall–Kier alpha value is -1.96. The van der Waals surface area contributed by atoms with Crippen molar-refractivity contribution in [3.8, 4) is 22.6 Å². The molecule has 0 aromatic heterocycles. The van der Waals surface area contributed by atoms with E-state index in [0.29, 0.717) is 11.5 Å². The standard InChI is InChI=1S/C28H42O2/c1-25(2,3)21-17(13-15-19(29)23(21)27(7,8)9)18-14-16-20(30)24(28(10,11)12)22(18)26(4,5)6/h13-16,29-30H,1-12H3. The Balaban J connectivity index is 3.15. The molecule has 0 fully saturated rings. The number of benzene rings is 2. The van der Waals surface area contributed by atoms with Crippen LogP contribution in [0.1, 0.15) is 105 Å². The Morgan fingerprint density at radius 2 is 0.633 bits per heavy atom. The van der Waals surface area contributed by atoms with Crippen LogP contribution in [0, 0.1) is 0 Å². The maximum Gasteiger partial charge on any atom is 0.119 e. The first kappa shape index (κ1) is 24.3. The maximum absolute atomic E-state index is 10.9. The molecule has 2 N–H and O–H groups in total. The average Bonchev–Trinajstić information content (AvgIpc) is 2.50. The van der Waals surface area contributed by atoms with Crippen LogP contribution in [0.15, 0.2) is 24.3 Å². The van der Waals surface area contributed by atoms with Gasteiger partial charge in [-0.15, -0.1) is 0 Å². The van der Waals surface area contributed by atoms with Gasteiger partial charge in [0, 0.05) is 11.1 Å². The lowest BCUT2D eigenvalue weighted by Gasteiger charge is -2.36. The molecule has 0 aliphatic rings. The monoisotopic (exact) mass is 410 g/mol. The lowest BCUT2D eigenvalue weighted by atomic mass is 9.68. The topological polar surface area (TPSA) is 40.5 Å². The summed E-state index contributed by atoms with van der Waals surface area (Å²) >= 11 is 0. The predicted molar refractivity (Wildman–Crippen MR) is 130 cm³/mol. The molecule has 0 heterocycles. The Bertz CT molecular complexity index is 858. The van der Waals surface area contributed by atoms with Crippen LogP contribution in [0.25, 0.3) is 11.1 Å². The van der Waals surface area contributed by atoms with Crippen molar-refractivity contribution in [1.82, 2.24) is 0 Å². The average molecular weight is 411 g/mol. The number of phenolic OH excluding ortho intramolecular Hbond substituents is 2. The summed E-state index contributed by atoms with van der Waals surface area (Å²) in [5.41, 5.74) is 5.90. The summed E-state index contributed by atoms with van der Waals surface area (Å²) in [6.07, 6.45) is 0. The SMILES string of the molecule is CC(C)(C)c1c(O)ccc(-c2ccc(O)c(C(C)(C)C)c2C(C)(C)C)c1C(C)(C)C. The third kappa shape index (κ3) is 4.53. The van der Waals surface area contributed by atoms with E-state index in [1.54, 1.807) is 0 Å². The largest absolute Gasteiger partial charge is 0.508 e. The first-order valence-corrected chi connectivity index (χ1v) is 11.0. The summed E-state index contributed by atoms with van der Waals surface area (Å²) in [6, 6.07) is 7.78. The number of hydrogen-bond acceptors (Lipinski definition) is 2. The molecule has 166 valence electrons. The third-order valence-corrected chi connectivity index (χ3v) is 5.66. The second-order valence-electron chi connectivity index (χ2n) is 12.8. The van der Waals surface area contributed by atoms with E-state index in [1.165, 1.54) is 11.1 Å². The van der Waals surface area contributed by atoms with Crippen molar-refractivity contribution in [2.45, 2.75) is 105 Å². The highest BCUT2D eigenvalue weighted by atomic mass is 16.3. The van der Waals surface area contributed by atoms with Crippen molar-refractivity contribution in [3.63, 3.8) is 0 Å². The minimum atomic E-state index is -0.200. The van der Waals surface area contributed by atoms with Gasteiger partial charge in [0.1, 0.15) is 11.5 Å². The van der Waals surface area contributed by atoms with E-state index in [4.69, 9.17) is 0 Å². The van der Waals surface area contributed by atoms with E-state index in [-0.39, 0.29) is 21.7 Å². The van der Waals surface area contributed by atoms with Crippen molar-refractivity contribution < 1.29 is 10.2 Å². The second-order valence-corrected chi connectivity index (χ2v) is 12.8. The van der Waals surface area contributed by atoms with Crippen LogP contribution >= 0.6 is 0 Å². The molecule has 2 aromatic carbocycles. The molecule has 0 spiro atoms. The molecule has 0 bridgehead atoms. The molecule has 0 atom stereocenters. The van der Waals surface area contributed by atoms with E-state index < -0.39 is 0 Å². The highest BCUT2D eigenvalue weighted by molar-refractivity contribution is 5.78. The van der Waals surface area contributed by atoms with Gasteiger partial charge in [0.2, 0.25) is 0 Å². The van der Waals surface area contributed by atoms with Gasteiger partial charge in [-0.25, -0.2) is 0 Å². The fourth-order valence-electron chi connectivity index (χ4n) is 4.71. The Kier molecular flexibility index (Phi) is 5.93. The summed E-state index contributed by atoms with van der Waals surface area (Å²) in [4.78, 5) is 0. The van der Waals surface area contributed by atoms with Crippen LogP contribution in [0.4, 0.5) is 0 Å². The normalized spacial score (nSPS) is 13.6. The number of rotatable bonds is 1. The summed E-state index contributed by atoms with van der Waals surface area (Å²) in [5.74, 6) is 0.701. The molecule has 0 saturated heterocycles. The highest BCUT2D eigenvalue weighted by Gasteiger charge is 2.35. The van der Waals surface area contributed by atoms with Crippen LogP contribution in [0.3, 0.4) is 0 Å². The van der Waals surface area contributed by atoms with Crippen molar-refractivity contribution in [2.75, 3.05) is 0 Å². The Morgan fingerprint density at radius 3 is 0.833 bits per heavy atom. The molecule has 2 nitrogen and oxygen atoms in total. The molecule has 0 saturated carbocycles. The second kappa shape index (κ2) is 7.32. The summed E-state index contributed by atoms with van der Waals surface area (Å²) in [7, 11) is 0. The molecular formula is C28H42O2. The van der Waals surface area contributed by atoms with Crippen molar-refractivity contribution in [2.24, 2.45) is 0 Å². The van der Waals surface area contributed by atoms with Crippen molar-refractivity contribution in [3.05, 3.63) is 46.5 Å². The lowest BCUT2D eigenvalue weighted by molar-refractivity contribution is 0.433. The van der Waals surface area contributed by atoms with E-state index in [2.05, 4.69) is 95.2 Å². The minimum Gasteiger partial charge on any atom is -0.508 e. The Labute approximate surface area is 184 Å². The minimum absolute atomic E-state index is 0.161. The molecule has 2 heteroatoms. The van der Waals surface area contributed by atoms with Gasteiger partial charge >= 0.3 is 0 Å². The molecule has 0 aliphatic carbocycles. The maximum atomic E-state index is 10.9. The Morgan fingerprint density at radius 1 is 0.400 bits per heavy atom. The van der Waals surface area contributed by atoms with Crippen molar-refractivity contribution in [1.29, 1.82) is 0 Å². The van der Waals surface area contributed by atoms with Crippen LogP contribution < -0.4 is 0 Å². The van der Waals surface area contributed by atoms with Gasteiger partial charge in [-0.2, -0.15) is 0 Å². The van der Waals surface area contributed by atoms with E-state index in [9.17, 15) is 10.2 Å². The van der Waals surface area contributed by atoms with Gasteiger partial charge in [-0.3, -0.25) is 0 Å². The zero-order valence-corrected chi connectivity index (χ0v) is 21.2. The summed E-state index contributed by atoms with van der Waals surface area (Å²) < 4.78 is 0. The number of aromatic hydroxyl groups is 2. The summed E-state index contributed by atoms with van der Waals surface area (Å²) in [6.45, 7) is 26.2. The van der Waals surface area contributed by atoms with Gasteiger partial charge in [0.15, 0.2) is 0 Å². The fourth-order valence-corrected chi connectivity index (χ4v) is 4.71. The lowest BCUT2D eigenvalue weighted by Crippen LogP contribution is -2.26. The number of phenols is 2. The molecular weight excluding hydrogens is 368 g/mol. The van der Waals surface area contributed by atoms with Crippen LogP contribution in [0.5, 0.6) is 11.5 Å². The van der Waals surface area contributed by atoms with E-state index in [1.807, 2.05) is 12.1 Å². The molecule has 0 aliphatic heterocycles. The molecule has 0 radical (unpaired) electrons. The van der Waals surface area contributed by atoms with E-state index >= 15 is 0 Å². The first-order chi connectivity index (χ1) is 13.3. The summed E-state index contributed by atoms with van der Waals surface area (Å²) in [5, 5.41) is 21.8. The third-order valence-electron chi connectivity index (χ3n) is 5.66. The fraction of sp³-hybridized carbons (Fsp3) is 0.571. The van der Waals surface area contributed by atoms with Gasteiger partial charge in [0.25, 0.3) is 0 Å². The smallest absolute Gasteiger partial charge is 0.119 e. The van der Waals surface area contributed by atoms with Gasteiger partial charge in [-0.1, -0.05) is 95.2 Å². The molecule has 30 heavy (non-hydrogen) atoms. The first-order valence-electron chi connectivity index (χ1n) is 11.0. The van der Waals surface area contributed by atoms with Crippen LogP contribution in [-0.4, -0.2) is 10.2 Å². The predicted octanol–water partition coefficient (Wildman–Crippen LogP) is 7.95. The molecule has 2 aromatic rings. The highest BCUT2D eigenvalue weighted by Crippen LogP contribution is 2.49. The molecule has 0 amide bonds. The zero-order chi connectivity index (χ0) is 23.4. The quantitative estimate of drug-likeness (QED) is 0.500. The molecule has 2 rings (SSSR count).